The van der Waals surface area contributed by atoms with E-state index in [4.69, 9.17) is 16.3 Å². The first-order valence-electron chi connectivity index (χ1n) is 10.9. The molecule has 0 radical (unpaired) electrons. The zero-order valence-electron chi connectivity index (χ0n) is 18.3. The molecule has 1 unspecified atom stereocenters. The summed E-state index contributed by atoms with van der Waals surface area (Å²) in [4.78, 5) is 36.8. The van der Waals surface area contributed by atoms with Crippen LogP contribution in [0.2, 0.25) is 5.02 Å². The lowest BCUT2D eigenvalue weighted by Gasteiger charge is -2.24. The standard InChI is InChI=1S/C26H24ClN3O4/c27-21-10-12-22(13-11-21)34-16-17-5-7-18(8-6-17)26(33)30-29-24(31)14-9-20-15-19-3-1-2-4-23(19)28-25(20)32/h1-8,10-13,20H,9,14-16H2,(H,28,32)(H,29,31)(H,30,33). The van der Waals surface area contributed by atoms with Crippen LogP contribution in [0.4, 0.5) is 5.69 Å². The van der Waals surface area contributed by atoms with Crippen molar-refractivity contribution in [1.29, 1.82) is 0 Å². The number of hydrogen-bond donors (Lipinski definition) is 3. The predicted molar refractivity (Wildman–Crippen MR) is 129 cm³/mol. The van der Waals surface area contributed by atoms with E-state index < -0.39 is 5.91 Å². The molecule has 7 nitrogen and oxygen atoms in total. The molecule has 0 saturated carbocycles. The number of amides is 3. The summed E-state index contributed by atoms with van der Waals surface area (Å²) in [5.41, 5.74) is 8.00. The van der Waals surface area contributed by atoms with Gasteiger partial charge in [0.2, 0.25) is 11.8 Å². The summed E-state index contributed by atoms with van der Waals surface area (Å²) >= 11 is 5.86. The van der Waals surface area contributed by atoms with Gasteiger partial charge in [-0.1, -0.05) is 41.9 Å². The zero-order chi connectivity index (χ0) is 23.9. The van der Waals surface area contributed by atoms with Gasteiger partial charge in [-0.15, -0.1) is 0 Å². The monoisotopic (exact) mass is 477 g/mol. The van der Waals surface area contributed by atoms with Crippen LogP contribution in [0.1, 0.15) is 34.3 Å². The van der Waals surface area contributed by atoms with Crippen molar-refractivity contribution in [2.24, 2.45) is 5.92 Å². The number of benzene rings is 3. The quantitative estimate of drug-likeness (QED) is 0.443. The highest BCUT2D eigenvalue weighted by Gasteiger charge is 2.26. The molecular weight excluding hydrogens is 454 g/mol. The molecule has 3 amide bonds. The van der Waals surface area contributed by atoms with Crippen LogP contribution in [0.5, 0.6) is 5.75 Å². The number of para-hydroxylation sites is 1. The second-order valence-electron chi connectivity index (χ2n) is 8.03. The maximum Gasteiger partial charge on any atom is 0.269 e. The molecule has 1 atom stereocenters. The van der Waals surface area contributed by atoms with Gasteiger partial charge in [-0.05, 0) is 66.4 Å². The number of hydrazine groups is 1. The minimum Gasteiger partial charge on any atom is -0.489 e. The molecular formula is C26H24ClN3O4. The Hall–Kier alpha value is -3.84. The minimum atomic E-state index is -0.428. The van der Waals surface area contributed by atoms with Crippen molar-refractivity contribution < 1.29 is 19.1 Å². The fourth-order valence-corrected chi connectivity index (χ4v) is 3.79. The lowest BCUT2D eigenvalue weighted by molar-refractivity contribution is -0.123. The van der Waals surface area contributed by atoms with Gasteiger partial charge in [0, 0.05) is 28.6 Å². The topological polar surface area (TPSA) is 96.5 Å². The van der Waals surface area contributed by atoms with E-state index in [1.54, 1.807) is 48.5 Å². The summed E-state index contributed by atoms with van der Waals surface area (Å²) in [7, 11) is 0. The van der Waals surface area contributed by atoms with Gasteiger partial charge in [0.1, 0.15) is 12.4 Å². The Labute approximate surface area is 202 Å². The maximum atomic E-state index is 12.3. The second kappa shape index (κ2) is 10.9. The molecule has 4 rings (SSSR count). The number of halogens is 1. The van der Waals surface area contributed by atoms with Crippen LogP contribution in [0, 0.1) is 5.92 Å². The Balaban J connectivity index is 1.20. The molecule has 34 heavy (non-hydrogen) atoms. The zero-order valence-corrected chi connectivity index (χ0v) is 19.1. The molecule has 0 aliphatic carbocycles. The maximum absolute atomic E-state index is 12.3. The second-order valence-corrected chi connectivity index (χ2v) is 8.46. The first kappa shape index (κ1) is 23.3. The van der Waals surface area contributed by atoms with Crippen LogP contribution < -0.4 is 20.9 Å². The van der Waals surface area contributed by atoms with Gasteiger partial charge in [0.25, 0.3) is 5.91 Å². The van der Waals surface area contributed by atoms with E-state index in [0.717, 1.165) is 16.8 Å². The molecule has 0 fully saturated rings. The normalized spacial score (nSPS) is 14.5. The van der Waals surface area contributed by atoms with Crippen molar-refractivity contribution in [3.8, 4) is 5.75 Å². The van der Waals surface area contributed by atoms with Crippen molar-refractivity contribution in [1.82, 2.24) is 10.9 Å². The number of rotatable bonds is 7. The van der Waals surface area contributed by atoms with Gasteiger partial charge in [-0.25, -0.2) is 0 Å². The van der Waals surface area contributed by atoms with Crippen LogP contribution in [0.3, 0.4) is 0 Å². The summed E-state index contributed by atoms with van der Waals surface area (Å²) in [6.07, 6.45) is 1.11. The molecule has 174 valence electrons. The van der Waals surface area contributed by atoms with E-state index in [2.05, 4.69) is 16.2 Å². The van der Waals surface area contributed by atoms with Crippen LogP contribution in [-0.2, 0) is 22.6 Å². The molecule has 3 N–H and O–H groups in total. The first-order valence-corrected chi connectivity index (χ1v) is 11.3. The number of nitrogens with one attached hydrogen (secondary N) is 3. The van der Waals surface area contributed by atoms with Gasteiger partial charge in [-0.3, -0.25) is 25.2 Å². The Morgan fingerprint density at radius 3 is 2.47 bits per heavy atom. The van der Waals surface area contributed by atoms with E-state index in [9.17, 15) is 14.4 Å². The van der Waals surface area contributed by atoms with Crippen molar-refractivity contribution in [3.05, 3.63) is 94.5 Å². The number of fused-ring (bicyclic) bond motifs is 1. The third-order valence-corrected chi connectivity index (χ3v) is 5.83. The number of ether oxygens (including phenoxy) is 1. The van der Waals surface area contributed by atoms with Gasteiger partial charge in [0.05, 0.1) is 0 Å². The van der Waals surface area contributed by atoms with E-state index in [-0.39, 0.29) is 24.2 Å². The Morgan fingerprint density at radius 1 is 0.971 bits per heavy atom. The van der Waals surface area contributed by atoms with Crippen LogP contribution in [0.15, 0.2) is 72.8 Å². The fourth-order valence-electron chi connectivity index (χ4n) is 3.66. The third kappa shape index (κ3) is 6.14. The summed E-state index contributed by atoms with van der Waals surface area (Å²) in [5.74, 6) is -0.450. The lowest BCUT2D eigenvalue weighted by atomic mass is 9.89. The first-order chi connectivity index (χ1) is 16.5. The molecule has 1 aliphatic heterocycles. The molecule has 0 bridgehead atoms. The molecule has 0 aromatic heterocycles. The highest BCUT2D eigenvalue weighted by atomic mass is 35.5. The SMILES string of the molecule is O=C(CCC1Cc2ccccc2NC1=O)NNC(=O)c1ccc(COc2ccc(Cl)cc2)cc1. The highest BCUT2D eigenvalue weighted by Crippen LogP contribution is 2.27. The third-order valence-electron chi connectivity index (χ3n) is 5.58. The molecule has 3 aromatic rings. The molecule has 0 spiro atoms. The molecule has 8 heteroatoms. The lowest BCUT2D eigenvalue weighted by Crippen LogP contribution is -2.42. The van der Waals surface area contributed by atoms with Crippen LogP contribution in [0.25, 0.3) is 0 Å². The molecule has 0 saturated heterocycles. The van der Waals surface area contributed by atoms with E-state index in [0.29, 0.717) is 35.8 Å². The largest absolute Gasteiger partial charge is 0.489 e. The van der Waals surface area contributed by atoms with Crippen molar-refractivity contribution in [3.63, 3.8) is 0 Å². The van der Waals surface area contributed by atoms with Gasteiger partial charge in [0.15, 0.2) is 0 Å². The smallest absolute Gasteiger partial charge is 0.269 e. The number of carbonyl (C=O) groups excluding carboxylic acids is 3. The van der Waals surface area contributed by atoms with Gasteiger partial charge >= 0.3 is 0 Å². The Morgan fingerprint density at radius 2 is 1.71 bits per heavy atom. The van der Waals surface area contributed by atoms with E-state index >= 15 is 0 Å². The highest BCUT2D eigenvalue weighted by molar-refractivity contribution is 6.30. The summed E-state index contributed by atoms with van der Waals surface area (Å²) < 4.78 is 5.69. The Bertz CT molecular complexity index is 1180. The predicted octanol–water partition coefficient (Wildman–Crippen LogP) is 4.27. The summed E-state index contributed by atoms with van der Waals surface area (Å²) in [5, 5.41) is 3.51. The van der Waals surface area contributed by atoms with E-state index in [1.807, 2.05) is 24.3 Å². The summed E-state index contributed by atoms with van der Waals surface area (Å²) in [6, 6.07) is 21.6. The van der Waals surface area contributed by atoms with Crippen LogP contribution >= 0.6 is 11.6 Å². The Kier molecular flexibility index (Phi) is 7.44. The van der Waals surface area contributed by atoms with Crippen molar-refractivity contribution >= 4 is 35.0 Å². The number of anilines is 1. The van der Waals surface area contributed by atoms with E-state index in [1.165, 1.54) is 0 Å². The minimum absolute atomic E-state index is 0.0873. The average molecular weight is 478 g/mol. The van der Waals surface area contributed by atoms with Crippen molar-refractivity contribution in [2.45, 2.75) is 25.9 Å². The summed E-state index contributed by atoms with van der Waals surface area (Å²) in [6.45, 7) is 0.347. The molecule has 3 aromatic carbocycles. The van der Waals surface area contributed by atoms with Crippen LogP contribution in [-0.4, -0.2) is 17.7 Å². The molecule has 1 aliphatic rings. The number of hydrogen-bond acceptors (Lipinski definition) is 4. The average Bonchev–Trinajstić information content (AvgIpc) is 2.86. The van der Waals surface area contributed by atoms with Gasteiger partial charge < -0.3 is 10.1 Å². The van der Waals surface area contributed by atoms with Gasteiger partial charge in [-0.2, -0.15) is 0 Å². The van der Waals surface area contributed by atoms with Crippen molar-refractivity contribution in [2.75, 3.05) is 5.32 Å². The number of carbonyl (C=O) groups is 3. The molecule has 1 heterocycles. The fraction of sp³-hybridized carbons (Fsp3) is 0.192.